The first kappa shape index (κ1) is 14.2. The second kappa shape index (κ2) is 4.38. The molecule has 3 heteroatoms. The van der Waals surface area contributed by atoms with E-state index in [0.29, 0.717) is 12.5 Å². The molecule has 0 radical (unpaired) electrons. The van der Waals surface area contributed by atoms with Gasteiger partial charge in [0, 0.05) is 12.3 Å². The Kier molecular flexibility index (Phi) is 4.44. The van der Waals surface area contributed by atoms with Crippen molar-refractivity contribution >= 4 is 0 Å². The second-order valence-electron chi connectivity index (χ2n) is 4.98. The van der Waals surface area contributed by atoms with E-state index in [1.54, 1.807) is 0 Å². The molecule has 82 valence electrons. The average molecular weight is 309 g/mol. The van der Waals surface area contributed by atoms with Crippen molar-refractivity contribution in [2.75, 3.05) is 20.6 Å². The zero-order valence-corrected chi connectivity index (χ0v) is 11.6. The maximum absolute atomic E-state index is 10.1. The van der Waals surface area contributed by atoms with Gasteiger partial charge in [-0.3, -0.25) is 0 Å². The Balaban J connectivity index is 0.00000169. The molecule has 2 nitrogen and oxygen atoms in total. The Bertz CT molecular complexity index is 246. The molecule has 3 atom stereocenters. The van der Waals surface area contributed by atoms with E-state index >= 15 is 0 Å². The van der Waals surface area contributed by atoms with Crippen LogP contribution in [0.3, 0.4) is 0 Å². The summed E-state index contributed by atoms with van der Waals surface area (Å²) in [5.41, 5.74) is -0.882. The fourth-order valence-electron chi connectivity index (χ4n) is 2.14. The van der Waals surface area contributed by atoms with Crippen LogP contribution >= 0.6 is 0 Å². The molecule has 0 aromatic carbocycles. The lowest BCUT2D eigenvalue weighted by Crippen LogP contribution is -3.00. The van der Waals surface area contributed by atoms with E-state index in [0.717, 1.165) is 11.0 Å². The van der Waals surface area contributed by atoms with Crippen molar-refractivity contribution in [3.63, 3.8) is 0 Å². The molecule has 0 bridgehead atoms. The Morgan fingerprint density at radius 2 is 1.93 bits per heavy atom. The third-order valence-corrected chi connectivity index (χ3v) is 3.61. The van der Waals surface area contributed by atoms with Crippen LogP contribution in [-0.4, -0.2) is 41.9 Å². The zero-order chi connectivity index (χ0) is 10.3. The van der Waals surface area contributed by atoms with E-state index in [1.807, 2.05) is 6.92 Å². The monoisotopic (exact) mass is 309 g/mol. The number of hydrogen-bond donors (Lipinski definition) is 1. The molecule has 1 rings (SSSR count). The Hall–Kier alpha value is 0.210. The maximum atomic E-state index is 10.1. The van der Waals surface area contributed by atoms with E-state index in [4.69, 9.17) is 6.42 Å². The number of nitrogens with zero attached hydrogens (tertiary/aromatic N) is 1. The van der Waals surface area contributed by atoms with Gasteiger partial charge in [0.1, 0.15) is 5.60 Å². The van der Waals surface area contributed by atoms with Gasteiger partial charge in [-0.15, -0.1) is 6.42 Å². The van der Waals surface area contributed by atoms with Crippen LogP contribution in [-0.2, 0) is 0 Å². The molecule has 0 saturated carbocycles. The number of halogens is 1. The first-order valence-corrected chi connectivity index (χ1v) is 4.84. The van der Waals surface area contributed by atoms with E-state index in [9.17, 15) is 5.11 Å². The third kappa shape index (κ3) is 2.41. The molecular formula is C11H20INO. The molecule has 1 heterocycles. The van der Waals surface area contributed by atoms with Gasteiger partial charge >= 0.3 is 0 Å². The molecule has 0 spiro atoms. The average Bonchev–Trinajstić information content (AvgIpc) is 2.01. The minimum atomic E-state index is -0.882. The summed E-state index contributed by atoms with van der Waals surface area (Å²) in [5, 5.41) is 10.1. The van der Waals surface area contributed by atoms with E-state index in [1.165, 1.54) is 0 Å². The quantitative estimate of drug-likeness (QED) is 0.308. The molecule has 1 aliphatic heterocycles. The van der Waals surface area contributed by atoms with Crippen LogP contribution in [0.5, 0.6) is 0 Å². The summed E-state index contributed by atoms with van der Waals surface area (Å²) in [7, 11) is 4.38. The summed E-state index contributed by atoms with van der Waals surface area (Å²) in [6.07, 6.45) is 6.08. The lowest BCUT2D eigenvalue weighted by atomic mass is 9.79. The Morgan fingerprint density at radius 3 is 2.36 bits per heavy atom. The zero-order valence-electron chi connectivity index (χ0n) is 9.42. The van der Waals surface area contributed by atoms with Crippen molar-refractivity contribution in [1.29, 1.82) is 0 Å². The minimum Gasteiger partial charge on any atom is -1.00 e. The van der Waals surface area contributed by atoms with Crippen molar-refractivity contribution in [3.05, 3.63) is 0 Å². The highest BCUT2D eigenvalue weighted by Crippen LogP contribution is 2.33. The number of quaternary nitrogens is 1. The third-order valence-electron chi connectivity index (χ3n) is 3.61. The van der Waals surface area contributed by atoms with Crippen LogP contribution in [0.4, 0.5) is 0 Å². The van der Waals surface area contributed by atoms with Gasteiger partial charge in [-0.1, -0.05) is 12.8 Å². The topological polar surface area (TPSA) is 20.2 Å². The number of rotatable bonds is 0. The van der Waals surface area contributed by atoms with Gasteiger partial charge < -0.3 is 33.6 Å². The van der Waals surface area contributed by atoms with Crippen LogP contribution in [0.25, 0.3) is 0 Å². The van der Waals surface area contributed by atoms with E-state index in [-0.39, 0.29) is 29.9 Å². The molecule has 0 amide bonds. The van der Waals surface area contributed by atoms with Gasteiger partial charge in [-0.25, -0.2) is 0 Å². The van der Waals surface area contributed by atoms with Gasteiger partial charge in [0.05, 0.1) is 26.7 Å². The number of terminal acetylenes is 1. The number of piperidine rings is 1. The fourth-order valence-corrected chi connectivity index (χ4v) is 2.14. The van der Waals surface area contributed by atoms with Crippen LogP contribution < -0.4 is 24.0 Å². The predicted molar refractivity (Wildman–Crippen MR) is 54.0 cm³/mol. The van der Waals surface area contributed by atoms with Crippen LogP contribution in [0, 0.1) is 18.3 Å². The summed E-state index contributed by atoms with van der Waals surface area (Å²) in [4.78, 5) is 0. The van der Waals surface area contributed by atoms with Crippen LogP contribution in [0.2, 0.25) is 0 Å². The SMILES string of the molecule is C#CC1(O)CC(C)[N+](C)(C)CC1C.[I-]. The highest BCUT2D eigenvalue weighted by Gasteiger charge is 2.46. The molecule has 0 aromatic rings. The Morgan fingerprint density at radius 1 is 1.43 bits per heavy atom. The minimum absolute atomic E-state index is 0. The summed E-state index contributed by atoms with van der Waals surface area (Å²) in [6, 6.07) is 0.428. The van der Waals surface area contributed by atoms with Crippen molar-refractivity contribution < 1.29 is 33.6 Å². The molecule has 3 unspecified atom stereocenters. The summed E-state index contributed by atoms with van der Waals surface area (Å²) in [6.45, 7) is 5.13. The van der Waals surface area contributed by atoms with Crippen molar-refractivity contribution in [3.8, 4) is 12.3 Å². The second-order valence-corrected chi connectivity index (χ2v) is 4.98. The van der Waals surface area contributed by atoms with Gasteiger partial charge in [0.25, 0.3) is 0 Å². The highest BCUT2D eigenvalue weighted by molar-refractivity contribution is 5.11. The van der Waals surface area contributed by atoms with Crippen molar-refractivity contribution in [1.82, 2.24) is 0 Å². The summed E-state index contributed by atoms with van der Waals surface area (Å²) >= 11 is 0. The van der Waals surface area contributed by atoms with Crippen molar-refractivity contribution in [2.24, 2.45) is 5.92 Å². The molecule has 1 fully saturated rings. The van der Waals surface area contributed by atoms with Crippen LogP contribution in [0.15, 0.2) is 0 Å². The number of likely N-dealkylation sites (tertiary alicyclic amines) is 1. The normalized spacial score (nSPS) is 40.9. The molecule has 1 N–H and O–H groups in total. The first-order valence-electron chi connectivity index (χ1n) is 4.84. The molecule has 14 heavy (non-hydrogen) atoms. The Labute approximate surface area is 104 Å². The van der Waals surface area contributed by atoms with Gasteiger partial charge in [0.15, 0.2) is 0 Å². The lowest BCUT2D eigenvalue weighted by molar-refractivity contribution is -0.923. The molecular weight excluding hydrogens is 289 g/mol. The maximum Gasteiger partial charge on any atom is 0.138 e. The molecule has 0 aromatic heterocycles. The first-order chi connectivity index (χ1) is 5.82. The highest BCUT2D eigenvalue weighted by atomic mass is 127. The largest absolute Gasteiger partial charge is 1.00 e. The van der Waals surface area contributed by atoms with E-state index < -0.39 is 5.60 Å². The lowest BCUT2D eigenvalue weighted by Gasteiger charge is -2.48. The van der Waals surface area contributed by atoms with Crippen molar-refractivity contribution in [2.45, 2.75) is 31.9 Å². The number of hydrogen-bond acceptors (Lipinski definition) is 1. The smallest absolute Gasteiger partial charge is 0.138 e. The summed E-state index contributed by atoms with van der Waals surface area (Å²) in [5.74, 6) is 2.73. The van der Waals surface area contributed by atoms with Gasteiger partial charge in [0.2, 0.25) is 0 Å². The predicted octanol–water partition coefficient (Wildman–Crippen LogP) is -2.14. The van der Waals surface area contributed by atoms with Gasteiger partial charge in [-0.2, -0.15) is 0 Å². The van der Waals surface area contributed by atoms with Gasteiger partial charge in [-0.05, 0) is 6.92 Å². The molecule has 0 aliphatic carbocycles. The molecule has 1 saturated heterocycles. The number of aliphatic hydroxyl groups is 1. The van der Waals surface area contributed by atoms with E-state index in [2.05, 4.69) is 26.9 Å². The molecule has 1 aliphatic rings. The fraction of sp³-hybridized carbons (Fsp3) is 0.818. The standard InChI is InChI=1S/C11H20NO.HI/c1-6-11(13)7-10(3)12(4,5)8-9(11)2;/h1,9-10,13H,7-8H2,2-5H3;1H/q+1;/p-1. The van der Waals surface area contributed by atoms with Crippen LogP contribution in [0.1, 0.15) is 20.3 Å². The summed E-state index contributed by atoms with van der Waals surface area (Å²) < 4.78 is 0.950.